The molecule has 1 aromatic rings. The molecule has 0 aliphatic carbocycles. The molecule has 102 valence electrons. The van der Waals surface area contributed by atoms with Crippen molar-refractivity contribution in [1.82, 2.24) is 4.90 Å². The van der Waals surface area contributed by atoms with E-state index in [9.17, 15) is 0 Å². The summed E-state index contributed by atoms with van der Waals surface area (Å²) in [5.74, 6) is 1.90. The van der Waals surface area contributed by atoms with Crippen LogP contribution in [0.3, 0.4) is 0 Å². The number of benzene rings is 1. The van der Waals surface area contributed by atoms with Crippen molar-refractivity contribution in [3.05, 3.63) is 23.3 Å². The van der Waals surface area contributed by atoms with E-state index in [4.69, 9.17) is 9.47 Å². The molecular formula is C14H23NO2S. The van der Waals surface area contributed by atoms with Crippen LogP contribution in [0.1, 0.15) is 18.1 Å². The minimum atomic E-state index is 0.355. The zero-order valence-corrected chi connectivity index (χ0v) is 12.6. The first-order valence-electron chi connectivity index (χ1n) is 6.22. The van der Waals surface area contributed by atoms with Crippen LogP contribution in [0.4, 0.5) is 0 Å². The van der Waals surface area contributed by atoms with Gasteiger partial charge >= 0.3 is 0 Å². The molecule has 0 N–H and O–H groups in total. The molecule has 0 saturated carbocycles. The fourth-order valence-electron chi connectivity index (χ4n) is 1.78. The third-order valence-electron chi connectivity index (χ3n) is 3.14. The van der Waals surface area contributed by atoms with Gasteiger partial charge in [0.05, 0.1) is 7.11 Å². The zero-order chi connectivity index (χ0) is 13.5. The molecule has 0 aromatic heterocycles. The average molecular weight is 269 g/mol. The summed E-state index contributed by atoms with van der Waals surface area (Å²) < 4.78 is 10.8. The quantitative estimate of drug-likeness (QED) is 0.607. The number of thiol groups is 1. The molecule has 0 atom stereocenters. The third kappa shape index (κ3) is 4.10. The van der Waals surface area contributed by atoms with E-state index in [0.717, 1.165) is 31.0 Å². The summed E-state index contributed by atoms with van der Waals surface area (Å²) in [6.45, 7) is 6.38. The number of ether oxygens (including phenoxy) is 2. The number of aryl methyl sites for hydroxylation is 1. The monoisotopic (exact) mass is 269 g/mol. The summed E-state index contributed by atoms with van der Waals surface area (Å²) in [7, 11) is 3.79. The van der Waals surface area contributed by atoms with Gasteiger partial charge in [-0.1, -0.05) is 6.92 Å². The molecule has 0 spiro atoms. The lowest BCUT2D eigenvalue weighted by atomic mass is 10.0. The Kier molecular flexibility index (Phi) is 6.36. The van der Waals surface area contributed by atoms with Crippen LogP contribution >= 0.6 is 12.6 Å². The van der Waals surface area contributed by atoms with Crippen molar-refractivity contribution in [2.24, 2.45) is 0 Å². The Balaban J connectivity index is 2.86. The SMILES string of the molecule is CCN(C)CCc1cc(OC)c(OCS)cc1C. The topological polar surface area (TPSA) is 21.7 Å². The van der Waals surface area contributed by atoms with E-state index in [0.29, 0.717) is 5.94 Å². The molecule has 0 bridgehead atoms. The van der Waals surface area contributed by atoms with Crippen LogP contribution in [0.15, 0.2) is 12.1 Å². The Morgan fingerprint density at radius 2 is 2.00 bits per heavy atom. The molecule has 0 fully saturated rings. The van der Waals surface area contributed by atoms with Gasteiger partial charge in [0.15, 0.2) is 11.5 Å². The molecule has 0 heterocycles. The van der Waals surface area contributed by atoms with Gasteiger partial charge in [-0.05, 0) is 50.2 Å². The Morgan fingerprint density at radius 1 is 1.28 bits per heavy atom. The summed E-state index contributed by atoms with van der Waals surface area (Å²) in [6, 6.07) is 4.09. The summed E-state index contributed by atoms with van der Waals surface area (Å²) in [6.07, 6.45) is 1.02. The smallest absolute Gasteiger partial charge is 0.162 e. The normalized spacial score (nSPS) is 10.8. The highest BCUT2D eigenvalue weighted by Crippen LogP contribution is 2.31. The minimum Gasteiger partial charge on any atom is -0.493 e. The average Bonchev–Trinajstić information content (AvgIpc) is 2.37. The van der Waals surface area contributed by atoms with Crippen molar-refractivity contribution >= 4 is 12.6 Å². The molecule has 0 radical (unpaired) electrons. The molecule has 0 aliphatic heterocycles. The van der Waals surface area contributed by atoms with Gasteiger partial charge in [0.25, 0.3) is 0 Å². The number of hydrogen-bond acceptors (Lipinski definition) is 4. The van der Waals surface area contributed by atoms with E-state index < -0.39 is 0 Å². The van der Waals surface area contributed by atoms with E-state index in [1.54, 1.807) is 7.11 Å². The van der Waals surface area contributed by atoms with Gasteiger partial charge in [0.2, 0.25) is 0 Å². The number of hydrogen-bond donors (Lipinski definition) is 1. The standard InChI is InChI=1S/C14H23NO2S/c1-5-15(3)7-6-12-9-13(16-4)14(17-10-18)8-11(12)2/h8-9,18H,5-7,10H2,1-4H3. The number of methoxy groups -OCH3 is 1. The first kappa shape index (κ1) is 15.2. The Bertz CT molecular complexity index is 382. The van der Waals surface area contributed by atoms with E-state index >= 15 is 0 Å². The lowest BCUT2D eigenvalue weighted by molar-refractivity contribution is 0.342. The van der Waals surface area contributed by atoms with Crippen molar-refractivity contribution in [2.75, 3.05) is 33.2 Å². The predicted molar refractivity (Wildman–Crippen MR) is 79.1 cm³/mol. The van der Waals surface area contributed by atoms with E-state index in [2.05, 4.69) is 44.5 Å². The third-order valence-corrected chi connectivity index (χ3v) is 3.27. The lowest BCUT2D eigenvalue weighted by Gasteiger charge is -2.17. The van der Waals surface area contributed by atoms with Crippen LogP contribution < -0.4 is 9.47 Å². The maximum atomic E-state index is 5.44. The van der Waals surface area contributed by atoms with Crippen LogP contribution in [0.25, 0.3) is 0 Å². The van der Waals surface area contributed by atoms with E-state index in [1.165, 1.54) is 11.1 Å². The maximum Gasteiger partial charge on any atom is 0.162 e. The van der Waals surface area contributed by atoms with E-state index in [-0.39, 0.29) is 0 Å². The van der Waals surface area contributed by atoms with Crippen molar-refractivity contribution in [2.45, 2.75) is 20.3 Å². The van der Waals surface area contributed by atoms with Gasteiger partial charge in [-0.3, -0.25) is 0 Å². The molecule has 0 saturated heterocycles. The number of rotatable bonds is 7. The number of likely N-dealkylation sites (N-methyl/N-ethyl adjacent to an activating group) is 1. The molecule has 1 aromatic carbocycles. The Morgan fingerprint density at radius 3 is 2.56 bits per heavy atom. The van der Waals surface area contributed by atoms with Gasteiger partial charge < -0.3 is 14.4 Å². The van der Waals surface area contributed by atoms with Crippen molar-refractivity contribution in [1.29, 1.82) is 0 Å². The summed E-state index contributed by atoms with van der Waals surface area (Å²) in [5, 5.41) is 0. The van der Waals surface area contributed by atoms with Crippen molar-refractivity contribution in [3.63, 3.8) is 0 Å². The Hall–Kier alpha value is -0.870. The highest BCUT2D eigenvalue weighted by Gasteiger charge is 2.09. The summed E-state index contributed by atoms with van der Waals surface area (Å²) in [4.78, 5) is 2.30. The fraction of sp³-hybridized carbons (Fsp3) is 0.571. The van der Waals surface area contributed by atoms with Gasteiger partial charge in [-0.25, -0.2) is 0 Å². The molecule has 1 rings (SSSR count). The second-order valence-corrected chi connectivity index (χ2v) is 4.61. The van der Waals surface area contributed by atoms with Crippen LogP contribution in [0.5, 0.6) is 11.5 Å². The second kappa shape index (κ2) is 7.54. The Labute approximate surface area is 115 Å². The van der Waals surface area contributed by atoms with Crippen LogP contribution in [0, 0.1) is 6.92 Å². The minimum absolute atomic E-state index is 0.355. The highest BCUT2D eigenvalue weighted by molar-refractivity contribution is 7.80. The zero-order valence-electron chi connectivity index (χ0n) is 11.7. The van der Waals surface area contributed by atoms with Gasteiger partial charge in [-0.15, -0.1) is 12.6 Å². The largest absolute Gasteiger partial charge is 0.493 e. The fourth-order valence-corrected chi connectivity index (χ4v) is 1.92. The second-order valence-electron chi connectivity index (χ2n) is 4.35. The number of nitrogens with zero attached hydrogens (tertiary/aromatic N) is 1. The molecule has 0 unspecified atom stereocenters. The van der Waals surface area contributed by atoms with Crippen molar-refractivity contribution in [3.8, 4) is 11.5 Å². The van der Waals surface area contributed by atoms with Crippen LogP contribution in [-0.2, 0) is 6.42 Å². The predicted octanol–water partition coefficient (Wildman–Crippen LogP) is 2.76. The summed E-state index contributed by atoms with van der Waals surface area (Å²) in [5.41, 5.74) is 2.54. The molecule has 3 nitrogen and oxygen atoms in total. The van der Waals surface area contributed by atoms with Gasteiger partial charge in [0.1, 0.15) is 5.94 Å². The highest BCUT2D eigenvalue weighted by atomic mass is 32.1. The van der Waals surface area contributed by atoms with Crippen molar-refractivity contribution < 1.29 is 9.47 Å². The molecule has 0 amide bonds. The molecule has 4 heteroatoms. The first-order valence-corrected chi connectivity index (χ1v) is 6.85. The van der Waals surface area contributed by atoms with Crippen LogP contribution in [0.2, 0.25) is 0 Å². The molecule has 18 heavy (non-hydrogen) atoms. The maximum absolute atomic E-state index is 5.44. The molecular weight excluding hydrogens is 246 g/mol. The summed E-state index contributed by atoms with van der Waals surface area (Å²) >= 11 is 4.07. The lowest BCUT2D eigenvalue weighted by Crippen LogP contribution is -2.20. The van der Waals surface area contributed by atoms with E-state index in [1.807, 2.05) is 6.07 Å². The van der Waals surface area contributed by atoms with Gasteiger partial charge in [0, 0.05) is 6.54 Å². The first-order chi connectivity index (χ1) is 8.62. The van der Waals surface area contributed by atoms with Crippen LogP contribution in [-0.4, -0.2) is 38.1 Å². The van der Waals surface area contributed by atoms with Gasteiger partial charge in [-0.2, -0.15) is 0 Å². The molecule has 0 aliphatic rings.